The molecule has 0 radical (unpaired) electrons. The number of β-amino-alcohol motifs (C(OH)–C–C–N with tert-alkyl or cyclic N) is 1. The summed E-state index contributed by atoms with van der Waals surface area (Å²) < 4.78 is 10.6. The molecule has 8 nitrogen and oxygen atoms in total. The molecule has 2 unspecified atom stereocenters. The van der Waals surface area contributed by atoms with E-state index >= 15 is 0 Å². The van der Waals surface area contributed by atoms with Crippen LogP contribution in [0, 0.1) is 5.92 Å². The molecule has 3 amide bonds. The number of amides is 3. The van der Waals surface area contributed by atoms with E-state index in [2.05, 4.69) is 10.6 Å². The number of likely N-dealkylation sites (tertiary alicyclic amines) is 1. The van der Waals surface area contributed by atoms with E-state index in [1.165, 1.54) is 14.2 Å². The maximum Gasteiger partial charge on any atom is 0.321 e. The first kappa shape index (κ1) is 19.8. The van der Waals surface area contributed by atoms with E-state index in [9.17, 15) is 14.7 Å². The van der Waals surface area contributed by atoms with Crippen LogP contribution in [0.3, 0.4) is 0 Å². The topological polar surface area (TPSA) is 100 Å². The van der Waals surface area contributed by atoms with Crippen molar-refractivity contribution in [1.82, 2.24) is 15.5 Å². The molecule has 134 valence electrons. The van der Waals surface area contributed by atoms with Gasteiger partial charge in [-0.2, -0.15) is 0 Å². The fraction of sp³-hybridized carbons (Fsp3) is 0.867. The molecule has 1 rings (SSSR count). The maximum atomic E-state index is 12.1. The van der Waals surface area contributed by atoms with Gasteiger partial charge in [0.25, 0.3) is 0 Å². The summed E-state index contributed by atoms with van der Waals surface area (Å²) in [5.41, 5.74) is 0. The molecule has 0 saturated carbocycles. The quantitative estimate of drug-likeness (QED) is 0.588. The van der Waals surface area contributed by atoms with Crippen LogP contribution in [-0.4, -0.2) is 73.7 Å². The lowest BCUT2D eigenvalue weighted by Crippen LogP contribution is -2.61. The Morgan fingerprint density at radius 1 is 1.30 bits per heavy atom. The van der Waals surface area contributed by atoms with Crippen LogP contribution in [0.15, 0.2) is 0 Å². The van der Waals surface area contributed by atoms with Crippen LogP contribution in [0.1, 0.15) is 27.2 Å². The van der Waals surface area contributed by atoms with Crippen LogP contribution in [0.25, 0.3) is 0 Å². The van der Waals surface area contributed by atoms with E-state index in [4.69, 9.17) is 9.47 Å². The lowest BCUT2D eigenvalue weighted by Gasteiger charge is -2.44. The van der Waals surface area contributed by atoms with Gasteiger partial charge in [0.1, 0.15) is 6.10 Å². The Labute approximate surface area is 137 Å². The molecule has 0 spiro atoms. The number of imide groups is 1. The second-order valence-corrected chi connectivity index (χ2v) is 6.25. The monoisotopic (exact) mass is 331 g/mol. The third kappa shape index (κ3) is 5.13. The molecule has 1 saturated heterocycles. The van der Waals surface area contributed by atoms with Crippen LogP contribution in [-0.2, 0) is 14.3 Å². The van der Waals surface area contributed by atoms with Gasteiger partial charge in [0, 0.05) is 40.3 Å². The Hall–Kier alpha value is -1.22. The van der Waals surface area contributed by atoms with Crippen LogP contribution >= 0.6 is 0 Å². The smallest absolute Gasteiger partial charge is 0.321 e. The minimum atomic E-state index is -1.04. The Morgan fingerprint density at radius 3 is 2.39 bits per heavy atom. The summed E-state index contributed by atoms with van der Waals surface area (Å²) >= 11 is 0. The number of hydrogen-bond donors (Lipinski definition) is 3. The van der Waals surface area contributed by atoms with Crippen molar-refractivity contribution < 1.29 is 24.2 Å². The number of hydrogen-bond acceptors (Lipinski definition) is 6. The van der Waals surface area contributed by atoms with Crippen molar-refractivity contribution in [3.63, 3.8) is 0 Å². The first-order chi connectivity index (χ1) is 10.8. The van der Waals surface area contributed by atoms with E-state index in [1.54, 1.807) is 11.8 Å². The third-order valence-electron chi connectivity index (χ3n) is 4.19. The summed E-state index contributed by atoms with van der Waals surface area (Å²) in [4.78, 5) is 25.6. The summed E-state index contributed by atoms with van der Waals surface area (Å²) in [6, 6.07) is -1.04. The van der Waals surface area contributed by atoms with Gasteiger partial charge in [-0.3, -0.25) is 15.0 Å². The van der Waals surface area contributed by atoms with E-state index in [0.717, 1.165) is 0 Å². The summed E-state index contributed by atoms with van der Waals surface area (Å²) in [7, 11) is 2.97. The van der Waals surface area contributed by atoms with E-state index in [1.807, 2.05) is 13.8 Å². The average molecular weight is 331 g/mol. The number of piperidine rings is 1. The van der Waals surface area contributed by atoms with Gasteiger partial charge in [0.05, 0.1) is 6.04 Å². The van der Waals surface area contributed by atoms with Crippen molar-refractivity contribution in [1.29, 1.82) is 0 Å². The second kappa shape index (κ2) is 8.58. The lowest BCUT2D eigenvalue weighted by molar-refractivity contribution is -0.279. The predicted octanol–water partition coefficient (Wildman–Crippen LogP) is -0.0876. The molecule has 23 heavy (non-hydrogen) atoms. The molecule has 8 heteroatoms. The first-order valence-electron chi connectivity index (χ1n) is 7.86. The molecule has 0 aliphatic carbocycles. The minimum Gasteiger partial charge on any atom is -0.386 e. The van der Waals surface area contributed by atoms with Gasteiger partial charge in [0.2, 0.25) is 5.91 Å². The van der Waals surface area contributed by atoms with E-state index in [0.29, 0.717) is 25.4 Å². The highest BCUT2D eigenvalue weighted by Crippen LogP contribution is 2.27. The Kier molecular flexibility index (Phi) is 7.40. The summed E-state index contributed by atoms with van der Waals surface area (Å²) in [5.74, 6) is -1.14. The predicted molar refractivity (Wildman–Crippen MR) is 84.8 cm³/mol. The van der Waals surface area contributed by atoms with Crippen molar-refractivity contribution in [2.75, 3.05) is 33.9 Å². The number of methoxy groups -OCH3 is 2. The number of aliphatic hydroxyl groups excluding tert-OH is 1. The van der Waals surface area contributed by atoms with E-state index in [-0.39, 0.29) is 6.54 Å². The molecule has 3 N–H and O–H groups in total. The van der Waals surface area contributed by atoms with Crippen LogP contribution in [0.2, 0.25) is 0 Å². The van der Waals surface area contributed by atoms with Gasteiger partial charge in [-0.15, -0.1) is 0 Å². The fourth-order valence-electron chi connectivity index (χ4n) is 2.55. The zero-order valence-electron chi connectivity index (χ0n) is 14.6. The lowest BCUT2D eigenvalue weighted by atomic mass is 9.98. The third-order valence-corrected chi connectivity index (χ3v) is 4.19. The molecule has 1 fully saturated rings. The SMILES string of the molecule is COC1(OC)CCN(C(C)C(=O)NC(=O)NCC(C)C)CC1O. The number of ether oxygens (including phenoxy) is 2. The Morgan fingerprint density at radius 2 is 1.91 bits per heavy atom. The molecular formula is C15H29N3O5. The molecular weight excluding hydrogens is 302 g/mol. The highest BCUT2D eigenvalue weighted by molar-refractivity contribution is 5.96. The van der Waals surface area contributed by atoms with Gasteiger partial charge >= 0.3 is 6.03 Å². The van der Waals surface area contributed by atoms with Gasteiger partial charge in [-0.05, 0) is 12.8 Å². The molecule has 1 heterocycles. The standard InChI is InChI=1S/C15H29N3O5/c1-10(2)8-16-14(21)17-13(20)11(3)18-7-6-15(22-4,23-5)12(19)9-18/h10-12,19H,6-9H2,1-5H3,(H2,16,17,20,21). The van der Waals surface area contributed by atoms with Gasteiger partial charge in [-0.1, -0.05) is 13.8 Å². The zero-order valence-corrected chi connectivity index (χ0v) is 14.6. The van der Waals surface area contributed by atoms with Crippen molar-refractivity contribution in [2.24, 2.45) is 5.92 Å². The Balaban J connectivity index is 2.53. The molecule has 1 aliphatic heterocycles. The number of urea groups is 1. The molecule has 1 aliphatic rings. The maximum absolute atomic E-state index is 12.1. The number of carbonyl (C=O) groups excluding carboxylic acids is 2. The summed E-state index contributed by atoms with van der Waals surface area (Å²) in [6.45, 7) is 6.88. The van der Waals surface area contributed by atoms with Crippen LogP contribution in [0.5, 0.6) is 0 Å². The van der Waals surface area contributed by atoms with Crippen molar-refractivity contribution >= 4 is 11.9 Å². The highest BCUT2D eigenvalue weighted by atomic mass is 16.7. The van der Waals surface area contributed by atoms with Crippen LogP contribution in [0.4, 0.5) is 4.79 Å². The molecule has 0 aromatic rings. The average Bonchev–Trinajstić information content (AvgIpc) is 2.52. The van der Waals surface area contributed by atoms with Crippen LogP contribution < -0.4 is 10.6 Å². The molecule has 0 bridgehead atoms. The largest absolute Gasteiger partial charge is 0.386 e. The summed E-state index contributed by atoms with van der Waals surface area (Å²) in [5, 5.41) is 15.2. The second-order valence-electron chi connectivity index (χ2n) is 6.25. The highest BCUT2D eigenvalue weighted by Gasteiger charge is 2.44. The first-order valence-corrected chi connectivity index (χ1v) is 7.86. The van der Waals surface area contributed by atoms with E-state index < -0.39 is 29.9 Å². The number of rotatable bonds is 6. The number of nitrogens with zero attached hydrogens (tertiary/aromatic N) is 1. The van der Waals surface area contributed by atoms with Gasteiger partial charge in [-0.25, -0.2) is 4.79 Å². The number of carbonyl (C=O) groups is 2. The molecule has 0 aromatic carbocycles. The minimum absolute atomic E-state index is 0.226. The zero-order chi connectivity index (χ0) is 17.6. The normalized spacial score (nSPS) is 22.7. The molecule has 2 atom stereocenters. The number of aliphatic hydroxyl groups is 1. The summed E-state index contributed by atoms with van der Waals surface area (Å²) in [6.07, 6.45) is -0.450. The number of nitrogens with one attached hydrogen (secondary N) is 2. The fourth-order valence-corrected chi connectivity index (χ4v) is 2.55. The Bertz CT molecular complexity index is 412. The van der Waals surface area contributed by atoms with Crippen molar-refractivity contribution in [3.05, 3.63) is 0 Å². The molecule has 0 aromatic heterocycles. The van der Waals surface area contributed by atoms with Gasteiger partial charge in [0.15, 0.2) is 5.79 Å². The van der Waals surface area contributed by atoms with Crippen molar-refractivity contribution in [2.45, 2.75) is 45.1 Å². The van der Waals surface area contributed by atoms with Crippen molar-refractivity contribution in [3.8, 4) is 0 Å². The van der Waals surface area contributed by atoms with Gasteiger partial charge < -0.3 is 19.9 Å².